The number of benzene rings is 3. The van der Waals surface area contributed by atoms with Crippen LogP contribution in [0.4, 0.5) is 5.69 Å². The van der Waals surface area contributed by atoms with Crippen LogP contribution in [0.3, 0.4) is 0 Å². The highest BCUT2D eigenvalue weighted by Crippen LogP contribution is 2.37. The highest BCUT2D eigenvalue weighted by molar-refractivity contribution is 6.25. The lowest BCUT2D eigenvalue weighted by Gasteiger charge is -2.31. The second-order valence-corrected chi connectivity index (χ2v) is 9.33. The van der Waals surface area contributed by atoms with Crippen molar-refractivity contribution >= 4 is 34.2 Å². The molecule has 4 rings (SSSR count). The monoisotopic (exact) mass is 501 g/mol. The highest BCUT2D eigenvalue weighted by atomic mass is 16.5. The maximum absolute atomic E-state index is 13.5. The minimum absolute atomic E-state index is 0.0280. The van der Waals surface area contributed by atoms with Gasteiger partial charge in [-0.1, -0.05) is 50.2 Å². The molecule has 3 amide bonds. The Bertz CT molecular complexity index is 1270. The minimum atomic E-state index is -0.562. The molecule has 1 atom stereocenters. The number of amides is 3. The van der Waals surface area contributed by atoms with E-state index >= 15 is 0 Å². The number of rotatable bonds is 12. The molecule has 7 heteroatoms. The predicted molar refractivity (Wildman–Crippen MR) is 146 cm³/mol. The molecule has 0 radical (unpaired) electrons. The first-order valence-electron chi connectivity index (χ1n) is 13.0. The van der Waals surface area contributed by atoms with Gasteiger partial charge in [0.15, 0.2) is 0 Å². The zero-order valence-electron chi connectivity index (χ0n) is 21.8. The topological polar surface area (TPSA) is 79.0 Å². The van der Waals surface area contributed by atoms with E-state index in [4.69, 9.17) is 4.74 Å². The number of nitrogens with one attached hydrogen (secondary N) is 1. The first-order chi connectivity index (χ1) is 18.0. The molecule has 7 nitrogen and oxygen atoms in total. The molecule has 0 bridgehead atoms. The van der Waals surface area contributed by atoms with Crippen LogP contribution in [0, 0.1) is 0 Å². The summed E-state index contributed by atoms with van der Waals surface area (Å²) in [6.45, 7) is 5.26. The quantitative estimate of drug-likeness (QED) is 0.382. The molecular weight excluding hydrogens is 466 g/mol. The molecule has 194 valence electrons. The Morgan fingerprint density at radius 3 is 2.43 bits per heavy atom. The van der Waals surface area contributed by atoms with Crippen molar-refractivity contribution in [2.75, 3.05) is 25.1 Å². The van der Waals surface area contributed by atoms with E-state index in [9.17, 15) is 14.4 Å². The Hall–Kier alpha value is -3.87. The molecule has 1 heterocycles. The van der Waals surface area contributed by atoms with E-state index in [-0.39, 0.29) is 24.1 Å². The maximum Gasteiger partial charge on any atom is 0.258 e. The Morgan fingerprint density at radius 1 is 1.03 bits per heavy atom. The van der Waals surface area contributed by atoms with Gasteiger partial charge >= 0.3 is 0 Å². The molecule has 0 aromatic heterocycles. The first-order valence-corrected chi connectivity index (χ1v) is 13.0. The Balaban J connectivity index is 1.47. The zero-order chi connectivity index (χ0) is 26.4. The zero-order valence-corrected chi connectivity index (χ0v) is 21.8. The van der Waals surface area contributed by atoms with E-state index in [1.807, 2.05) is 74.5 Å². The Kier molecular flexibility index (Phi) is 8.43. The number of hydrogen-bond acceptors (Lipinski definition) is 4. The number of carbonyl (C=O) groups is 3. The van der Waals surface area contributed by atoms with Crippen molar-refractivity contribution in [2.45, 2.75) is 52.1 Å². The summed E-state index contributed by atoms with van der Waals surface area (Å²) < 4.78 is 5.25. The van der Waals surface area contributed by atoms with E-state index < -0.39 is 6.04 Å². The van der Waals surface area contributed by atoms with E-state index in [1.54, 1.807) is 16.9 Å². The molecule has 1 aliphatic rings. The summed E-state index contributed by atoms with van der Waals surface area (Å²) in [6, 6.07) is 18.7. The summed E-state index contributed by atoms with van der Waals surface area (Å²) in [5, 5.41) is 4.96. The number of carbonyl (C=O) groups excluding carboxylic acids is 3. The van der Waals surface area contributed by atoms with Gasteiger partial charge in [-0.05, 0) is 54.5 Å². The number of ether oxygens (including phenoxy) is 1. The molecule has 1 N–H and O–H groups in total. The van der Waals surface area contributed by atoms with Gasteiger partial charge in [-0.2, -0.15) is 0 Å². The van der Waals surface area contributed by atoms with Crippen molar-refractivity contribution < 1.29 is 19.1 Å². The van der Waals surface area contributed by atoms with Crippen LogP contribution in [0.2, 0.25) is 0 Å². The molecule has 0 saturated carbocycles. The second kappa shape index (κ2) is 11.9. The molecule has 0 unspecified atom stereocenters. The van der Waals surface area contributed by atoms with E-state index in [0.29, 0.717) is 38.0 Å². The van der Waals surface area contributed by atoms with Crippen LogP contribution in [0.1, 0.15) is 55.5 Å². The van der Waals surface area contributed by atoms with Crippen LogP contribution in [-0.4, -0.2) is 48.9 Å². The van der Waals surface area contributed by atoms with Crippen LogP contribution in [0.15, 0.2) is 60.7 Å². The van der Waals surface area contributed by atoms with Crippen molar-refractivity contribution in [3.05, 3.63) is 71.8 Å². The van der Waals surface area contributed by atoms with Crippen LogP contribution < -0.4 is 15.0 Å². The minimum Gasteiger partial charge on any atom is -0.497 e. The third kappa shape index (κ3) is 5.61. The Labute approximate surface area is 218 Å². The normalized spacial score (nSPS) is 13.1. The van der Waals surface area contributed by atoms with Crippen LogP contribution in [-0.2, 0) is 16.1 Å². The van der Waals surface area contributed by atoms with Crippen LogP contribution in [0.5, 0.6) is 5.75 Å². The standard InChI is InChI=1S/C30H35N3O4/c1-4-18-31-29(35)25(5-2)33(20-21-14-16-23(37-3)17-15-21)27(34)13-8-19-32-26-12-7-10-22-9-6-11-24(28(22)26)30(32)36/h6-7,9-12,14-17,25H,4-5,8,13,18-20H2,1-3H3,(H,31,35)/t25-/m1/s1. The molecule has 37 heavy (non-hydrogen) atoms. The van der Waals surface area contributed by atoms with Crippen molar-refractivity contribution in [1.29, 1.82) is 0 Å². The fourth-order valence-electron chi connectivity index (χ4n) is 4.95. The lowest BCUT2D eigenvalue weighted by Crippen LogP contribution is -2.49. The highest BCUT2D eigenvalue weighted by Gasteiger charge is 2.31. The molecule has 0 aliphatic carbocycles. The fourth-order valence-corrected chi connectivity index (χ4v) is 4.95. The van der Waals surface area contributed by atoms with Gasteiger partial charge < -0.3 is 19.9 Å². The lowest BCUT2D eigenvalue weighted by atomic mass is 10.1. The SMILES string of the molecule is CCCNC(=O)[C@@H](CC)N(Cc1ccc(OC)cc1)C(=O)CCCN1C(=O)c2cccc3cccc1c23. The molecule has 0 saturated heterocycles. The van der Waals surface area contributed by atoms with Gasteiger partial charge in [-0.25, -0.2) is 0 Å². The molecule has 3 aromatic rings. The van der Waals surface area contributed by atoms with Crippen molar-refractivity contribution in [2.24, 2.45) is 0 Å². The summed E-state index contributed by atoms with van der Waals surface area (Å²) in [7, 11) is 1.61. The van der Waals surface area contributed by atoms with E-state index in [0.717, 1.165) is 34.2 Å². The van der Waals surface area contributed by atoms with Gasteiger partial charge in [-0.3, -0.25) is 14.4 Å². The van der Waals surface area contributed by atoms with Crippen molar-refractivity contribution in [3.63, 3.8) is 0 Å². The summed E-state index contributed by atoms with van der Waals surface area (Å²) in [4.78, 5) is 43.0. The maximum atomic E-state index is 13.5. The second-order valence-electron chi connectivity index (χ2n) is 9.33. The third-order valence-corrected chi connectivity index (χ3v) is 6.87. The van der Waals surface area contributed by atoms with Crippen LogP contribution in [0.25, 0.3) is 10.8 Å². The number of methoxy groups -OCH3 is 1. The smallest absolute Gasteiger partial charge is 0.258 e. The molecular formula is C30H35N3O4. The molecule has 3 aromatic carbocycles. The van der Waals surface area contributed by atoms with Gasteiger partial charge in [0.25, 0.3) is 5.91 Å². The molecule has 1 aliphatic heterocycles. The fraction of sp³-hybridized carbons (Fsp3) is 0.367. The largest absolute Gasteiger partial charge is 0.497 e. The number of nitrogens with zero attached hydrogens (tertiary/aromatic N) is 2. The van der Waals surface area contributed by atoms with Crippen molar-refractivity contribution in [3.8, 4) is 5.75 Å². The summed E-state index contributed by atoms with van der Waals surface area (Å²) in [5.74, 6) is 0.472. The van der Waals surface area contributed by atoms with Gasteiger partial charge in [0.2, 0.25) is 11.8 Å². The first kappa shape index (κ1) is 26.2. The summed E-state index contributed by atoms with van der Waals surface area (Å²) >= 11 is 0. The molecule has 0 fully saturated rings. The van der Waals surface area contributed by atoms with Gasteiger partial charge in [0.1, 0.15) is 11.8 Å². The molecule has 0 spiro atoms. The van der Waals surface area contributed by atoms with Crippen LogP contribution >= 0.6 is 0 Å². The van der Waals surface area contributed by atoms with Gasteiger partial charge in [-0.15, -0.1) is 0 Å². The summed E-state index contributed by atoms with van der Waals surface area (Å²) in [6.07, 6.45) is 2.08. The third-order valence-electron chi connectivity index (χ3n) is 6.87. The summed E-state index contributed by atoms with van der Waals surface area (Å²) in [5.41, 5.74) is 2.53. The predicted octanol–water partition coefficient (Wildman–Crippen LogP) is 4.92. The number of anilines is 1. The Morgan fingerprint density at radius 2 is 1.76 bits per heavy atom. The van der Waals surface area contributed by atoms with E-state index in [2.05, 4.69) is 5.32 Å². The lowest BCUT2D eigenvalue weighted by molar-refractivity contribution is -0.141. The van der Waals surface area contributed by atoms with Gasteiger partial charge in [0.05, 0.1) is 12.8 Å². The average molecular weight is 502 g/mol. The van der Waals surface area contributed by atoms with E-state index in [1.165, 1.54) is 0 Å². The van der Waals surface area contributed by atoms with Crippen molar-refractivity contribution in [1.82, 2.24) is 10.2 Å². The number of hydrogen-bond donors (Lipinski definition) is 1. The van der Waals surface area contributed by atoms with Gasteiger partial charge in [0, 0.05) is 37.0 Å². The average Bonchev–Trinajstić information content (AvgIpc) is 3.20.